The van der Waals surface area contributed by atoms with E-state index in [-0.39, 0.29) is 23.0 Å². The summed E-state index contributed by atoms with van der Waals surface area (Å²) in [4.78, 5) is 0. The molecule has 4 unspecified atom stereocenters. The smallest absolute Gasteiger partial charge is 0.118 e. The Morgan fingerprint density at radius 3 is 1.38 bits per heavy atom. The lowest BCUT2D eigenvalue weighted by molar-refractivity contribution is -0.199. The number of methoxy groups -OCH3 is 2. The van der Waals surface area contributed by atoms with Crippen LogP contribution < -0.4 is 9.47 Å². The van der Waals surface area contributed by atoms with E-state index in [1.165, 1.54) is 17.5 Å². The average Bonchev–Trinajstić information content (AvgIpc) is 2.73. The van der Waals surface area contributed by atoms with Crippen LogP contribution >= 0.6 is 0 Å². The number of rotatable bonds is 8. The first-order chi connectivity index (χ1) is 14.0. The summed E-state index contributed by atoms with van der Waals surface area (Å²) in [7, 11) is 3.39. The number of hydrogen-bond donors (Lipinski definition) is 0. The van der Waals surface area contributed by atoms with Crippen LogP contribution in [0.5, 0.6) is 11.5 Å². The Balaban J connectivity index is 1.33. The quantitative estimate of drug-likeness (QED) is 0.571. The van der Waals surface area contributed by atoms with Crippen molar-refractivity contribution in [3.8, 4) is 11.5 Å². The molecule has 0 aliphatic carbocycles. The summed E-state index contributed by atoms with van der Waals surface area (Å²) in [5.74, 6) is 1.77. The van der Waals surface area contributed by atoms with Crippen molar-refractivity contribution in [2.45, 2.75) is 45.3 Å². The first kappa shape index (κ1) is 20.2. The molecule has 2 fully saturated rings. The first-order valence-corrected chi connectivity index (χ1v) is 10.5. The van der Waals surface area contributed by atoms with Crippen LogP contribution in [-0.4, -0.2) is 27.4 Å². The van der Waals surface area contributed by atoms with Gasteiger partial charge in [-0.3, -0.25) is 0 Å². The minimum Gasteiger partial charge on any atom is -0.497 e. The summed E-state index contributed by atoms with van der Waals surface area (Å²) in [5, 5.41) is 0. The molecule has 4 rings (SSSR count). The van der Waals surface area contributed by atoms with E-state index in [2.05, 4.69) is 38.1 Å². The first-order valence-electron chi connectivity index (χ1n) is 10.5. The predicted octanol–water partition coefficient (Wildman–Crippen LogP) is 5.73. The normalized spacial score (nSPS) is 30.9. The highest BCUT2D eigenvalue weighted by Crippen LogP contribution is 2.53. The summed E-state index contributed by atoms with van der Waals surface area (Å²) in [6.07, 6.45) is 3.86. The van der Waals surface area contributed by atoms with Gasteiger partial charge in [-0.25, -0.2) is 0 Å². The maximum atomic E-state index is 5.96. The Hall–Kier alpha value is -2.04. The number of hydrogen-bond acceptors (Lipinski definition) is 4. The van der Waals surface area contributed by atoms with Gasteiger partial charge < -0.3 is 18.9 Å². The molecule has 156 valence electrons. The highest BCUT2D eigenvalue weighted by molar-refractivity contribution is 5.31. The van der Waals surface area contributed by atoms with Gasteiger partial charge in [0, 0.05) is 10.8 Å². The van der Waals surface area contributed by atoms with Crippen LogP contribution in [0.2, 0.25) is 0 Å². The zero-order valence-corrected chi connectivity index (χ0v) is 17.9. The third-order valence-corrected chi connectivity index (χ3v) is 6.76. The Morgan fingerprint density at radius 2 is 1.10 bits per heavy atom. The molecule has 2 aromatic carbocycles. The van der Waals surface area contributed by atoms with Gasteiger partial charge in [0.25, 0.3) is 0 Å². The second kappa shape index (κ2) is 8.00. The molecule has 2 saturated heterocycles. The minimum absolute atomic E-state index is 0.177. The van der Waals surface area contributed by atoms with E-state index < -0.39 is 0 Å². The zero-order valence-electron chi connectivity index (χ0n) is 17.9. The molecule has 4 atom stereocenters. The molecule has 2 aliphatic rings. The van der Waals surface area contributed by atoms with Crippen molar-refractivity contribution in [3.63, 3.8) is 0 Å². The fourth-order valence-corrected chi connectivity index (χ4v) is 4.76. The molecule has 4 heteroatoms. The van der Waals surface area contributed by atoms with Gasteiger partial charge in [0.1, 0.15) is 11.5 Å². The van der Waals surface area contributed by atoms with E-state index in [0.717, 1.165) is 37.6 Å². The van der Waals surface area contributed by atoms with Crippen molar-refractivity contribution in [1.82, 2.24) is 0 Å². The number of ether oxygens (including phenoxy) is 4. The highest BCUT2D eigenvalue weighted by Gasteiger charge is 2.47. The van der Waals surface area contributed by atoms with Crippen molar-refractivity contribution in [2.24, 2.45) is 10.8 Å². The van der Waals surface area contributed by atoms with Gasteiger partial charge in [0.2, 0.25) is 0 Å². The van der Waals surface area contributed by atoms with Crippen LogP contribution in [-0.2, 0) is 9.47 Å². The maximum Gasteiger partial charge on any atom is 0.118 e. The van der Waals surface area contributed by atoms with Gasteiger partial charge in [-0.2, -0.15) is 0 Å². The summed E-state index contributed by atoms with van der Waals surface area (Å²) in [6, 6.07) is 16.6. The van der Waals surface area contributed by atoms with E-state index in [0.29, 0.717) is 0 Å². The Labute approximate surface area is 174 Å². The molecular formula is C25H32O4. The molecule has 29 heavy (non-hydrogen) atoms. The predicted molar refractivity (Wildman–Crippen MR) is 113 cm³/mol. The van der Waals surface area contributed by atoms with E-state index in [9.17, 15) is 0 Å². The maximum absolute atomic E-state index is 5.96. The molecule has 0 bridgehead atoms. The van der Waals surface area contributed by atoms with Crippen molar-refractivity contribution >= 4 is 0 Å². The van der Waals surface area contributed by atoms with Crippen LogP contribution in [0.1, 0.15) is 56.4 Å². The van der Waals surface area contributed by atoms with Gasteiger partial charge in [0.15, 0.2) is 0 Å². The number of benzene rings is 2. The summed E-state index contributed by atoms with van der Waals surface area (Å²) in [5.41, 5.74) is 2.89. The Kier molecular flexibility index (Phi) is 5.58. The molecule has 2 heterocycles. The summed E-state index contributed by atoms with van der Waals surface area (Å²) in [6.45, 7) is 6.37. The zero-order chi connectivity index (χ0) is 20.5. The molecule has 2 aromatic rings. The topological polar surface area (TPSA) is 36.9 Å². The second-order valence-electron chi connectivity index (χ2n) is 9.09. The molecule has 2 aliphatic heterocycles. The molecule has 0 radical (unpaired) electrons. The van der Waals surface area contributed by atoms with E-state index in [1.807, 2.05) is 24.3 Å². The third-order valence-electron chi connectivity index (χ3n) is 6.76. The lowest BCUT2D eigenvalue weighted by atomic mass is 9.69. The molecule has 4 nitrogen and oxygen atoms in total. The monoisotopic (exact) mass is 396 g/mol. The van der Waals surface area contributed by atoms with Gasteiger partial charge in [-0.1, -0.05) is 44.5 Å². The fraction of sp³-hybridized carbons (Fsp3) is 0.520. The van der Waals surface area contributed by atoms with E-state index >= 15 is 0 Å². The van der Waals surface area contributed by atoms with Crippen LogP contribution in [0.15, 0.2) is 48.5 Å². The lowest BCUT2D eigenvalue weighted by Gasteiger charge is -2.50. The van der Waals surface area contributed by atoms with E-state index in [4.69, 9.17) is 18.9 Å². The standard InChI is InChI=1S/C25H32O4/c1-24(16-28-22(24)18-6-10-20(26-3)11-7-18)14-5-15-25(2)17-29-23(25)19-8-12-21(27-4)13-9-19/h6-13,22-23H,5,14-17H2,1-4H3. The minimum atomic E-state index is 0.177. The molecule has 0 aromatic heterocycles. The molecule has 0 amide bonds. The molecule has 0 spiro atoms. The van der Waals surface area contributed by atoms with Crippen molar-refractivity contribution in [1.29, 1.82) is 0 Å². The van der Waals surface area contributed by atoms with Crippen LogP contribution in [0.25, 0.3) is 0 Å². The van der Waals surface area contributed by atoms with Gasteiger partial charge in [-0.05, 0) is 48.2 Å². The summed E-state index contributed by atoms with van der Waals surface area (Å²) >= 11 is 0. The Bertz CT molecular complexity index is 746. The van der Waals surface area contributed by atoms with Crippen LogP contribution in [0, 0.1) is 10.8 Å². The van der Waals surface area contributed by atoms with Gasteiger partial charge >= 0.3 is 0 Å². The van der Waals surface area contributed by atoms with Crippen molar-refractivity contribution in [3.05, 3.63) is 59.7 Å². The third kappa shape index (κ3) is 3.88. The molecular weight excluding hydrogens is 364 g/mol. The summed E-state index contributed by atoms with van der Waals surface area (Å²) < 4.78 is 22.5. The Morgan fingerprint density at radius 1 is 0.724 bits per heavy atom. The van der Waals surface area contributed by atoms with Gasteiger partial charge in [-0.15, -0.1) is 0 Å². The van der Waals surface area contributed by atoms with Gasteiger partial charge in [0.05, 0.1) is 39.6 Å². The average molecular weight is 397 g/mol. The molecule has 0 N–H and O–H groups in total. The van der Waals surface area contributed by atoms with Crippen LogP contribution in [0.4, 0.5) is 0 Å². The van der Waals surface area contributed by atoms with E-state index in [1.54, 1.807) is 14.2 Å². The largest absolute Gasteiger partial charge is 0.497 e. The molecule has 0 saturated carbocycles. The second-order valence-corrected chi connectivity index (χ2v) is 9.09. The highest BCUT2D eigenvalue weighted by atomic mass is 16.5. The van der Waals surface area contributed by atoms with Crippen LogP contribution in [0.3, 0.4) is 0 Å². The SMILES string of the molecule is COc1ccc(C2OCC2(C)CCCC2(C)COC2c2ccc(OC)cc2)cc1. The van der Waals surface area contributed by atoms with Crippen molar-refractivity contribution < 1.29 is 18.9 Å². The fourth-order valence-electron chi connectivity index (χ4n) is 4.76. The van der Waals surface area contributed by atoms with Crippen molar-refractivity contribution in [2.75, 3.05) is 27.4 Å². The lowest BCUT2D eigenvalue weighted by Crippen LogP contribution is -2.45.